The van der Waals surface area contributed by atoms with Gasteiger partial charge in [0.25, 0.3) is 0 Å². The fourth-order valence-corrected chi connectivity index (χ4v) is 3.91. The summed E-state index contributed by atoms with van der Waals surface area (Å²) in [5.74, 6) is -6.04. The molecular formula is C30H52N10O11. The third-order valence-electron chi connectivity index (χ3n) is 7.65. The molecule has 3 N–H and O–H groups in total. The molecule has 0 rings (SSSR count). The van der Waals surface area contributed by atoms with E-state index in [1.165, 1.54) is 68.3 Å². The second-order valence-electron chi connectivity index (χ2n) is 12.2. The van der Waals surface area contributed by atoms with Gasteiger partial charge in [-0.3, -0.25) is 47.9 Å². The SMILES string of the molecule is CN(CCC(=O)N(C)CC(=O)O)C(=O)CN(C)C(=O)CN(C)C(=O)CN(C)C(=O)CN(C)C(=O)CN(C)C(=O)CN(C)C(=O)CN(C)C(=O)CN. The van der Waals surface area contributed by atoms with E-state index in [-0.39, 0.29) is 39.1 Å². The Bertz CT molecular complexity index is 1330. The third kappa shape index (κ3) is 16.7. The summed E-state index contributed by atoms with van der Waals surface area (Å²) in [5.41, 5.74) is 5.27. The van der Waals surface area contributed by atoms with E-state index in [1.807, 2.05) is 0 Å². The van der Waals surface area contributed by atoms with Crippen molar-refractivity contribution in [3.63, 3.8) is 0 Å². The second kappa shape index (κ2) is 21.7. The van der Waals surface area contributed by atoms with Crippen molar-refractivity contribution >= 4 is 59.1 Å². The van der Waals surface area contributed by atoms with Crippen molar-refractivity contribution in [1.82, 2.24) is 44.1 Å². The maximum atomic E-state index is 12.7. The van der Waals surface area contributed by atoms with Gasteiger partial charge in [0.2, 0.25) is 53.2 Å². The molecule has 0 fully saturated rings. The zero-order valence-corrected chi connectivity index (χ0v) is 30.9. The van der Waals surface area contributed by atoms with Crippen molar-refractivity contribution in [3.05, 3.63) is 0 Å². The van der Waals surface area contributed by atoms with Gasteiger partial charge < -0.3 is 54.9 Å². The molecule has 0 aromatic carbocycles. The molecule has 0 bridgehead atoms. The quantitative estimate of drug-likeness (QED) is 0.119. The minimum atomic E-state index is -1.17. The molecule has 21 nitrogen and oxygen atoms in total. The van der Waals surface area contributed by atoms with Crippen LogP contribution >= 0.6 is 0 Å². The molecule has 0 saturated carbocycles. The van der Waals surface area contributed by atoms with Gasteiger partial charge in [-0.1, -0.05) is 0 Å². The second-order valence-corrected chi connectivity index (χ2v) is 12.2. The van der Waals surface area contributed by atoms with Gasteiger partial charge in [0.15, 0.2) is 0 Å². The number of amides is 9. The van der Waals surface area contributed by atoms with E-state index in [4.69, 9.17) is 10.8 Å². The van der Waals surface area contributed by atoms with Crippen LogP contribution < -0.4 is 5.73 Å². The molecule has 9 amide bonds. The normalized spacial score (nSPS) is 10.3. The minimum Gasteiger partial charge on any atom is -0.480 e. The summed E-state index contributed by atoms with van der Waals surface area (Å²) >= 11 is 0. The molecule has 51 heavy (non-hydrogen) atoms. The van der Waals surface area contributed by atoms with Crippen LogP contribution in [0.25, 0.3) is 0 Å². The molecule has 0 spiro atoms. The summed E-state index contributed by atoms with van der Waals surface area (Å²) in [6, 6.07) is 0. The van der Waals surface area contributed by atoms with Crippen molar-refractivity contribution in [2.75, 3.05) is 129 Å². The summed E-state index contributed by atoms with van der Waals surface area (Å²) in [6.45, 7) is -3.41. The highest BCUT2D eigenvalue weighted by Gasteiger charge is 2.25. The Labute approximate surface area is 297 Å². The molecule has 0 aromatic rings. The van der Waals surface area contributed by atoms with Gasteiger partial charge in [-0.2, -0.15) is 0 Å². The molecule has 0 radical (unpaired) electrons. The predicted octanol–water partition coefficient (Wildman–Crippen LogP) is -5.45. The molecule has 21 heteroatoms. The summed E-state index contributed by atoms with van der Waals surface area (Å²) in [4.78, 5) is 132. The summed E-state index contributed by atoms with van der Waals surface area (Å²) in [6.07, 6.45) is -0.116. The number of hydrogen-bond acceptors (Lipinski definition) is 11. The number of hydrogen-bond donors (Lipinski definition) is 2. The first kappa shape index (κ1) is 45.7. The molecule has 0 heterocycles. The van der Waals surface area contributed by atoms with Gasteiger partial charge in [-0.05, 0) is 0 Å². The van der Waals surface area contributed by atoms with Gasteiger partial charge in [0, 0.05) is 76.4 Å². The molecule has 0 aliphatic carbocycles. The fourth-order valence-electron chi connectivity index (χ4n) is 3.91. The summed E-state index contributed by atoms with van der Waals surface area (Å²) in [5, 5.41) is 8.78. The highest BCUT2D eigenvalue weighted by atomic mass is 16.4. The number of likely N-dealkylation sites (N-methyl/N-ethyl adjacent to an activating group) is 9. The minimum absolute atomic E-state index is 0.00291. The Morgan fingerprint density at radius 2 is 0.569 bits per heavy atom. The Hall–Kier alpha value is -5.34. The zero-order valence-electron chi connectivity index (χ0n) is 30.9. The molecule has 0 aromatic heterocycles. The van der Waals surface area contributed by atoms with E-state index < -0.39 is 91.9 Å². The van der Waals surface area contributed by atoms with Crippen molar-refractivity contribution in [2.45, 2.75) is 6.42 Å². The molecular weight excluding hydrogens is 676 g/mol. The lowest BCUT2D eigenvalue weighted by molar-refractivity contribution is -0.146. The van der Waals surface area contributed by atoms with Crippen LogP contribution in [-0.2, 0) is 47.9 Å². The third-order valence-corrected chi connectivity index (χ3v) is 7.65. The largest absolute Gasteiger partial charge is 0.480 e. The van der Waals surface area contributed by atoms with Crippen molar-refractivity contribution in [3.8, 4) is 0 Å². The average Bonchev–Trinajstić information content (AvgIpc) is 3.05. The number of aliphatic carboxylic acids is 1. The number of nitrogens with zero attached hydrogens (tertiary/aromatic N) is 9. The Morgan fingerprint density at radius 3 is 0.804 bits per heavy atom. The predicted molar refractivity (Wildman–Crippen MR) is 180 cm³/mol. The summed E-state index contributed by atoms with van der Waals surface area (Å²) < 4.78 is 0. The van der Waals surface area contributed by atoms with Gasteiger partial charge in [-0.25, -0.2) is 0 Å². The number of carbonyl (C=O) groups excluding carboxylic acids is 9. The average molecular weight is 729 g/mol. The Kier molecular flexibility index (Phi) is 19.4. The zero-order chi connectivity index (χ0) is 39.7. The molecule has 0 atom stereocenters. The van der Waals surface area contributed by atoms with Crippen molar-refractivity contribution < 1.29 is 53.1 Å². The number of nitrogens with two attached hydrogens (primary N) is 1. The molecule has 288 valence electrons. The van der Waals surface area contributed by atoms with Crippen molar-refractivity contribution in [2.24, 2.45) is 5.73 Å². The highest BCUT2D eigenvalue weighted by Crippen LogP contribution is 2.00. The fraction of sp³-hybridized carbons (Fsp3) is 0.667. The Balaban J connectivity index is 4.81. The molecule has 0 saturated heterocycles. The van der Waals surface area contributed by atoms with Gasteiger partial charge in [-0.15, -0.1) is 0 Å². The maximum absolute atomic E-state index is 12.7. The van der Waals surface area contributed by atoms with Gasteiger partial charge in [0.1, 0.15) is 6.54 Å². The number of carboxylic acid groups (broad SMARTS) is 1. The lowest BCUT2D eigenvalue weighted by atomic mass is 10.3. The van der Waals surface area contributed by atoms with Crippen LogP contribution in [0.2, 0.25) is 0 Å². The number of rotatable bonds is 20. The first-order chi connectivity index (χ1) is 23.5. The van der Waals surface area contributed by atoms with E-state index in [0.29, 0.717) is 0 Å². The van der Waals surface area contributed by atoms with E-state index in [0.717, 1.165) is 39.2 Å². The van der Waals surface area contributed by atoms with E-state index >= 15 is 0 Å². The topological polar surface area (TPSA) is 246 Å². The van der Waals surface area contributed by atoms with E-state index in [9.17, 15) is 47.9 Å². The molecule has 0 aliphatic rings. The van der Waals surface area contributed by atoms with Crippen LogP contribution in [0.3, 0.4) is 0 Å². The van der Waals surface area contributed by atoms with E-state index in [1.54, 1.807) is 0 Å². The van der Waals surface area contributed by atoms with Crippen LogP contribution in [0.5, 0.6) is 0 Å². The first-order valence-corrected chi connectivity index (χ1v) is 15.6. The van der Waals surface area contributed by atoms with Crippen LogP contribution in [0.1, 0.15) is 6.42 Å². The number of carboxylic acids is 1. The van der Waals surface area contributed by atoms with Gasteiger partial charge >= 0.3 is 5.97 Å². The Morgan fingerprint density at radius 1 is 0.353 bits per heavy atom. The van der Waals surface area contributed by atoms with Crippen LogP contribution in [0.15, 0.2) is 0 Å². The number of carbonyl (C=O) groups is 10. The van der Waals surface area contributed by atoms with Gasteiger partial charge in [0.05, 0.1) is 52.4 Å². The van der Waals surface area contributed by atoms with E-state index in [2.05, 4.69) is 0 Å². The lowest BCUT2D eigenvalue weighted by Crippen LogP contribution is -2.49. The van der Waals surface area contributed by atoms with Crippen LogP contribution in [0.4, 0.5) is 0 Å². The van der Waals surface area contributed by atoms with Crippen LogP contribution in [-0.4, -0.2) is 237 Å². The van der Waals surface area contributed by atoms with Crippen molar-refractivity contribution in [1.29, 1.82) is 0 Å². The first-order valence-electron chi connectivity index (χ1n) is 15.6. The smallest absolute Gasteiger partial charge is 0.323 e. The van der Waals surface area contributed by atoms with Crippen LogP contribution in [0, 0.1) is 0 Å². The monoisotopic (exact) mass is 728 g/mol. The lowest BCUT2D eigenvalue weighted by Gasteiger charge is -2.27. The molecule has 0 aliphatic heterocycles. The summed E-state index contributed by atoms with van der Waals surface area (Å²) in [7, 11) is 12.2. The molecule has 0 unspecified atom stereocenters. The highest BCUT2D eigenvalue weighted by molar-refractivity contribution is 5.93. The standard InChI is InChI=1S/C30H52N10O11/c1-32(11-10-21(41)40(9)20-30(50)51)23(43)13-34(3)25(45)15-36(5)27(47)17-38(7)29(49)19-39(8)28(48)18-37(6)26(46)16-35(4)24(44)14-33(2)22(42)12-31/h10-20,31H2,1-9H3,(H,50,51). The maximum Gasteiger partial charge on any atom is 0.323 e.